The number of nitrogen functional groups attached to an aromatic ring is 1. The third-order valence-corrected chi connectivity index (χ3v) is 2.65. The number of pyridine rings is 1. The van der Waals surface area contributed by atoms with Crippen LogP contribution in [0, 0.1) is 19.7 Å². The van der Waals surface area contributed by atoms with Crippen LogP contribution in [-0.4, -0.2) is 4.98 Å². The van der Waals surface area contributed by atoms with Crippen LogP contribution in [0.25, 0.3) is 11.1 Å². The zero-order valence-corrected chi connectivity index (χ0v) is 9.29. The molecule has 0 amide bonds. The summed E-state index contributed by atoms with van der Waals surface area (Å²) < 4.78 is 13.0. The molecule has 0 aliphatic rings. The molecule has 0 atom stereocenters. The highest BCUT2D eigenvalue weighted by atomic mass is 19.1. The third kappa shape index (κ3) is 1.76. The van der Waals surface area contributed by atoms with Gasteiger partial charge in [-0.25, -0.2) is 9.37 Å². The van der Waals surface area contributed by atoms with Crippen LogP contribution in [0.15, 0.2) is 30.5 Å². The van der Waals surface area contributed by atoms with Crippen molar-refractivity contribution in [3.8, 4) is 11.1 Å². The lowest BCUT2D eigenvalue weighted by Crippen LogP contribution is -1.97. The molecule has 3 heteroatoms. The molecule has 0 radical (unpaired) electrons. The number of hydrogen-bond donors (Lipinski definition) is 1. The molecule has 16 heavy (non-hydrogen) atoms. The molecule has 1 aromatic carbocycles. The van der Waals surface area contributed by atoms with Gasteiger partial charge in [-0.2, -0.15) is 0 Å². The number of benzene rings is 1. The molecule has 0 saturated heterocycles. The first-order valence-corrected chi connectivity index (χ1v) is 5.07. The van der Waals surface area contributed by atoms with Crippen molar-refractivity contribution in [1.29, 1.82) is 0 Å². The van der Waals surface area contributed by atoms with Gasteiger partial charge in [0.15, 0.2) is 0 Å². The molecule has 0 spiro atoms. The van der Waals surface area contributed by atoms with E-state index in [0.717, 1.165) is 22.3 Å². The van der Waals surface area contributed by atoms with Gasteiger partial charge in [-0.1, -0.05) is 6.07 Å². The summed E-state index contributed by atoms with van der Waals surface area (Å²) in [6.45, 7) is 3.83. The van der Waals surface area contributed by atoms with Crippen LogP contribution in [0.5, 0.6) is 0 Å². The van der Waals surface area contributed by atoms with E-state index in [9.17, 15) is 4.39 Å². The summed E-state index contributed by atoms with van der Waals surface area (Å²) in [7, 11) is 0. The van der Waals surface area contributed by atoms with Gasteiger partial charge in [-0.15, -0.1) is 0 Å². The van der Waals surface area contributed by atoms with Crippen molar-refractivity contribution in [2.75, 3.05) is 5.73 Å². The third-order valence-electron chi connectivity index (χ3n) is 2.65. The molecule has 0 fully saturated rings. The maximum absolute atomic E-state index is 13.0. The second-order valence-corrected chi connectivity index (χ2v) is 3.85. The maximum atomic E-state index is 13.0. The van der Waals surface area contributed by atoms with E-state index in [0.29, 0.717) is 5.82 Å². The Hall–Kier alpha value is -1.90. The summed E-state index contributed by atoms with van der Waals surface area (Å²) in [6.07, 6.45) is 1.67. The van der Waals surface area contributed by atoms with Crippen molar-refractivity contribution in [3.05, 3.63) is 47.4 Å². The zero-order valence-electron chi connectivity index (χ0n) is 9.29. The number of hydrogen-bond acceptors (Lipinski definition) is 2. The number of aromatic nitrogens is 1. The van der Waals surface area contributed by atoms with E-state index in [1.807, 2.05) is 19.9 Å². The topological polar surface area (TPSA) is 38.9 Å². The molecule has 0 bridgehead atoms. The minimum atomic E-state index is -0.235. The Bertz CT molecular complexity index is 515. The lowest BCUT2D eigenvalue weighted by atomic mass is 9.97. The molecule has 2 N–H and O–H groups in total. The van der Waals surface area contributed by atoms with Crippen LogP contribution in [-0.2, 0) is 0 Å². The van der Waals surface area contributed by atoms with Gasteiger partial charge in [-0.3, -0.25) is 0 Å². The highest BCUT2D eigenvalue weighted by Crippen LogP contribution is 2.30. The van der Waals surface area contributed by atoms with Crippen molar-refractivity contribution in [3.63, 3.8) is 0 Å². The maximum Gasteiger partial charge on any atom is 0.131 e. The van der Waals surface area contributed by atoms with Crippen molar-refractivity contribution in [1.82, 2.24) is 4.98 Å². The Morgan fingerprint density at radius 3 is 2.50 bits per heavy atom. The van der Waals surface area contributed by atoms with Gasteiger partial charge in [0.2, 0.25) is 0 Å². The zero-order chi connectivity index (χ0) is 11.7. The van der Waals surface area contributed by atoms with Crippen LogP contribution in [0.4, 0.5) is 10.2 Å². The van der Waals surface area contributed by atoms with Crippen LogP contribution in [0.2, 0.25) is 0 Å². The fraction of sp³-hybridized carbons (Fsp3) is 0.154. The van der Waals surface area contributed by atoms with E-state index < -0.39 is 0 Å². The fourth-order valence-corrected chi connectivity index (χ4v) is 1.84. The first kappa shape index (κ1) is 10.6. The van der Waals surface area contributed by atoms with Gasteiger partial charge in [-0.05, 0) is 48.7 Å². The van der Waals surface area contributed by atoms with Crippen LogP contribution in [0.1, 0.15) is 11.1 Å². The van der Waals surface area contributed by atoms with E-state index in [-0.39, 0.29) is 5.82 Å². The molecule has 2 nitrogen and oxygen atoms in total. The molecular weight excluding hydrogens is 203 g/mol. The lowest BCUT2D eigenvalue weighted by Gasteiger charge is -2.11. The number of nitrogens with zero attached hydrogens (tertiary/aromatic N) is 1. The monoisotopic (exact) mass is 216 g/mol. The van der Waals surface area contributed by atoms with Crippen LogP contribution in [0.3, 0.4) is 0 Å². The van der Waals surface area contributed by atoms with Crippen molar-refractivity contribution < 1.29 is 4.39 Å². The quantitative estimate of drug-likeness (QED) is 0.795. The number of rotatable bonds is 1. The predicted molar refractivity (Wildman–Crippen MR) is 63.5 cm³/mol. The van der Waals surface area contributed by atoms with Crippen LogP contribution >= 0.6 is 0 Å². The molecule has 1 heterocycles. The van der Waals surface area contributed by atoms with E-state index in [4.69, 9.17) is 5.73 Å². The van der Waals surface area contributed by atoms with Gasteiger partial charge in [0.05, 0.1) is 0 Å². The second-order valence-electron chi connectivity index (χ2n) is 3.85. The normalized spacial score (nSPS) is 10.4. The fourth-order valence-electron chi connectivity index (χ4n) is 1.84. The Morgan fingerprint density at radius 1 is 1.12 bits per heavy atom. The summed E-state index contributed by atoms with van der Waals surface area (Å²) in [6, 6.07) is 6.58. The van der Waals surface area contributed by atoms with Gasteiger partial charge in [0.25, 0.3) is 0 Å². The molecule has 0 aliphatic carbocycles. The minimum Gasteiger partial charge on any atom is -0.383 e. The summed E-state index contributed by atoms with van der Waals surface area (Å²) >= 11 is 0. The van der Waals surface area contributed by atoms with Gasteiger partial charge in [0.1, 0.15) is 11.6 Å². The average molecular weight is 216 g/mol. The number of halogens is 1. The average Bonchev–Trinajstić information content (AvgIpc) is 2.20. The van der Waals surface area contributed by atoms with E-state index in [2.05, 4.69) is 4.98 Å². The van der Waals surface area contributed by atoms with Crippen molar-refractivity contribution >= 4 is 5.82 Å². The minimum absolute atomic E-state index is 0.235. The Kier molecular flexibility index (Phi) is 2.60. The molecule has 2 aromatic rings. The molecule has 2 rings (SSSR count). The molecule has 0 aliphatic heterocycles. The number of anilines is 1. The van der Waals surface area contributed by atoms with Crippen molar-refractivity contribution in [2.24, 2.45) is 0 Å². The van der Waals surface area contributed by atoms with Gasteiger partial charge in [0, 0.05) is 11.8 Å². The molecule has 82 valence electrons. The van der Waals surface area contributed by atoms with Gasteiger partial charge < -0.3 is 5.73 Å². The van der Waals surface area contributed by atoms with Gasteiger partial charge >= 0.3 is 0 Å². The lowest BCUT2D eigenvalue weighted by molar-refractivity contribution is 0.627. The summed E-state index contributed by atoms with van der Waals surface area (Å²) in [4.78, 5) is 4.06. The first-order chi connectivity index (χ1) is 7.59. The van der Waals surface area contributed by atoms with E-state index in [1.54, 1.807) is 12.3 Å². The smallest absolute Gasteiger partial charge is 0.131 e. The summed E-state index contributed by atoms with van der Waals surface area (Å²) in [5.74, 6) is 0.246. The molecular formula is C13H13FN2. The van der Waals surface area contributed by atoms with E-state index in [1.165, 1.54) is 12.1 Å². The number of nitrogens with two attached hydrogens (primary N) is 1. The number of aryl methyl sites for hydroxylation is 2. The Morgan fingerprint density at radius 2 is 1.88 bits per heavy atom. The largest absolute Gasteiger partial charge is 0.383 e. The van der Waals surface area contributed by atoms with Crippen molar-refractivity contribution in [2.45, 2.75) is 13.8 Å². The highest BCUT2D eigenvalue weighted by Gasteiger charge is 2.09. The Labute approximate surface area is 93.9 Å². The summed E-state index contributed by atoms with van der Waals surface area (Å²) in [5.41, 5.74) is 9.59. The second kappa shape index (κ2) is 3.93. The summed E-state index contributed by atoms with van der Waals surface area (Å²) in [5, 5.41) is 0. The Balaban J connectivity index is 2.68. The molecule has 0 saturated carbocycles. The molecule has 0 unspecified atom stereocenters. The van der Waals surface area contributed by atoms with Crippen LogP contribution < -0.4 is 5.73 Å². The molecule has 1 aromatic heterocycles. The predicted octanol–water partition coefficient (Wildman–Crippen LogP) is 3.09. The van der Waals surface area contributed by atoms with E-state index >= 15 is 0 Å². The first-order valence-electron chi connectivity index (χ1n) is 5.07. The standard InChI is InChI=1S/C13H13FN2/c1-8-5-6-16-13(15)12(8)11-4-3-10(14)7-9(11)2/h3-7H,1-2H3,(H2,15,16). The highest BCUT2D eigenvalue weighted by molar-refractivity contribution is 5.78. The SMILES string of the molecule is Cc1cc(F)ccc1-c1c(C)ccnc1N.